The van der Waals surface area contributed by atoms with E-state index in [1.165, 1.54) is 67.1 Å². The van der Waals surface area contributed by atoms with E-state index >= 15 is 0 Å². The monoisotopic (exact) mass is 656 g/mol. The van der Waals surface area contributed by atoms with E-state index in [0.717, 1.165) is 5.69 Å². The summed E-state index contributed by atoms with van der Waals surface area (Å²) in [4.78, 5) is 4.98. The molecule has 0 atom stereocenters. The van der Waals surface area contributed by atoms with Gasteiger partial charge >= 0.3 is 0 Å². The van der Waals surface area contributed by atoms with Crippen molar-refractivity contribution in [3.8, 4) is 0 Å². The van der Waals surface area contributed by atoms with Crippen LogP contribution in [0.15, 0.2) is 176 Å². The largest absolute Gasteiger partial charge is 0.311 e. The van der Waals surface area contributed by atoms with Gasteiger partial charge in [0, 0.05) is 45.0 Å². The summed E-state index contributed by atoms with van der Waals surface area (Å²) >= 11 is 0. The van der Waals surface area contributed by atoms with Gasteiger partial charge in [-0.1, -0.05) is 155 Å². The first-order chi connectivity index (χ1) is 24.9. The average molecular weight is 657 g/mol. The highest BCUT2D eigenvalue weighted by Crippen LogP contribution is 2.46. The first-order valence-corrected chi connectivity index (χ1v) is 18.1. The first-order valence-electron chi connectivity index (χ1n) is 18.1. The maximum absolute atomic E-state index is 2.52. The van der Waals surface area contributed by atoms with Crippen LogP contribution in [0.2, 0.25) is 0 Å². The molecule has 246 valence electrons. The van der Waals surface area contributed by atoms with Gasteiger partial charge in [0.15, 0.2) is 0 Å². The SMILES string of the molecule is CC(C)(c1ccccc1)c1ccc(N2c3cccc4c3B(c3ccccc3N4c3ccccc3)c3c2cccc3C(C)(C)c2ccccc2)cc1. The molecule has 51 heavy (non-hydrogen) atoms. The molecule has 2 nitrogen and oxygen atoms in total. The summed E-state index contributed by atoms with van der Waals surface area (Å²) in [6.45, 7) is 9.47. The lowest BCUT2D eigenvalue weighted by molar-refractivity contribution is 0.641. The minimum absolute atomic E-state index is 0.0640. The molecule has 0 saturated carbocycles. The van der Waals surface area contributed by atoms with E-state index in [1.54, 1.807) is 0 Å². The normalized spacial score (nSPS) is 13.4. The molecule has 2 aliphatic rings. The Bertz CT molecular complexity index is 2360. The predicted molar refractivity (Wildman–Crippen MR) is 218 cm³/mol. The predicted octanol–water partition coefficient (Wildman–Crippen LogP) is 10.4. The van der Waals surface area contributed by atoms with E-state index in [0.29, 0.717) is 0 Å². The van der Waals surface area contributed by atoms with Gasteiger partial charge < -0.3 is 9.80 Å². The molecule has 7 aromatic rings. The number of para-hydroxylation sites is 2. The number of nitrogens with zero attached hydrogens (tertiary/aromatic N) is 2. The Morgan fingerprint density at radius 2 is 0.784 bits per heavy atom. The lowest BCUT2D eigenvalue weighted by Crippen LogP contribution is -2.63. The number of fused-ring (bicyclic) bond motifs is 4. The van der Waals surface area contributed by atoms with Crippen LogP contribution in [-0.4, -0.2) is 6.71 Å². The van der Waals surface area contributed by atoms with Gasteiger partial charge in [-0.05, 0) is 87.2 Å². The van der Waals surface area contributed by atoms with Gasteiger partial charge in [0.2, 0.25) is 0 Å². The molecule has 0 N–H and O–H groups in total. The molecule has 2 aliphatic heterocycles. The van der Waals surface area contributed by atoms with Gasteiger partial charge in [-0.2, -0.15) is 0 Å². The van der Waals surface area contributed by atoms with Crippen LogP contribution in [-0.2, 0) is 10.8 Å². The van der Waals surface area contributed by atoms with E-state index in [9.17, 15) is 0 Å². The average Bonchev–Trinajstić information content (AvgIpc) is 3.18. The Hall–Kier alpha value is -5.80. The Morgan fingerprint density at radius 1 is 0.353 bits per heavy atom. The summed E-state index contributed by atoms with van der Waals surface area (Å²) < 4.78 is 0. The second-order valence-corrected chi connectivity index (χ2v) is 15.0. The lowest BCUT2D eigenvalue weighted by Gasteiger charge is -2.46. The Kier molecular flexibility index (Phi) is 7.29. The molecule has 0 fully saturated rings. The molecule has 0 unspecified atom stereocenters. The smallest absolute Gasteiger partial charge is 0.252 e. The quantitative estimate of drug-likeness (QED) is 0.164. The van der Waals surface area contributed by atoms with Crippen molar-refractivity contribution in [1.82, 2.24) is 0 Å². The van der Waals surface area contributed by atoms with Crippen LogP contribution in [0.1, 0.15) is 49.9 Å². The molecule has 0 radical (unpaired) electrons. The van der Waals surface area contributed by atoms with Gasteiger partial charge in [0.05, 0.1) is 0 Å². The number of benzene rings is 7. The molecule has 0 spiro atoms. The van der Waals surface area contributed by atoms with Gasteiger partial charge in [-0.15, -0.1) is 0 Å². The van der Waals surface area contributed by atoms with Crippen molar-refractivity contribution < 1.29 is 0 Å². The van der Waals surface area contributed by atoms with Crippen LogP contribution in [0.4, 0.5) is 34.1 Å². The summed E-state index contributed by atoms with van der Waals surface area (Å²) in [6, 6.07) is 64.8. The highest BCUT2D eigenvalue weighted by Gasteiger charge is 2.45. The maximum Gasteiger partial charge on any atom is 0.252 e. The number of hydrogen-bond acceptors (Lipinski definition) is 2. The minimum atomic E-state index is -0.236. The minimum Gasteiger partial charge on any atom is -0.311 e. The van der Waals surface area contributed by atoms with Crippen molar-refractivity contribution >= 4 is 57.2 Å². The molecule has 7 aromatic carbocycles. The molecule has 0 bridgehead atoms. The lowest BCUT2D eigenvalue weighted by atomic mass is 9.32. The van der Waals surface area contributed by atoms with Crippen molar-refractivity contribution in [3.05, 3.63) is 198 Å². The van der Waals surface area contributed by atoms with E-state index in [1.807, 2.05) is 0 Å². The Labute approximate surface area is 302 Å². The standard InChI is InChI=1S/C48H41BN2/c1-47(2,34-18-8-5-9-19-34)36-30-32-38(33-31-36)51-42-27-16-24-39(48(3,4)35-20-10-6-11-21-35)45(42)49-40-25-14-15-26-41(40)50(37-22-12-7-13-23-37)43-28-17-29-44(51)46(43)49/h5-33H,1-4H3. The summed E-state index contributed by atoms with van der Waals surface area (Å²) in [6.07, 6.45) is 0. The second-order valence-electron chi connectivity index (χ2n) is 15.0. The fraction of sp³-hybridized carbons (Fsp3) is 0.125. The van der Waals surface area contributed by atoms with Crippen LogP contribution in [0.5, 0.6) is 0 Å². The molecular formula is C48H41BN2. The number of anilines is 6. The van der Waals surface area contributed by atoms with Crippen molar-refractivity contribution in [1.29, 1.82) is 0 Å². The molecule has 3 heteroatoms. The summed E-state index contributed by atoms with van der Waals surface area (Å²) in [5.74, 6) is 0. The topological polar surface area (TPSA) is 6.48 Å². The van der Waals surface area contributed by atoms with Gasteiger partial charge in [0.25, 0.3) is 6.71 Å². The number of rotatable bonds is 6. The fourth-order valence-electron chi connectivity index (χ4n) is 8.67. The van der Waals surface area contributed by atoms with Crippen LogP contribution < -0.4 is 26.2 Å². The molecule has 0 amide bonds. The summed E-state index contributed by atoms with van der Waals surface area (Å²) in [5.41, 5.74) is 16.2. The third-order valence-corrected chi connectivity index (χ3v) is 11.5. The van der Waals surface area contributed by atoms with E-state index in [2.05, 4.69) is 213 Å². The third-order valence-electron chi connectivity index (χ3n) is 11.5. The van der Waals surface area contributed by atoms with E-state index < -0.39 is 0 Å². The Morgan fingerprint density at radius 3 is 1.41 bits per heavy atom. The van der Waals surface area contributed by atoms with Crippen LogP contribution in [0.3, 0.4) is 0 Å². The first kappa shape index (κ1) is 31.2. The fourth-order valence-corrected chi connectivity index (χ4v) is 8.67. The number of hydrogen-bond donors (Lipinski definition) is 0. The molecule has 0 aliphatic carbocycles. The third kappa shape index (κ3) is 4.87. The van der Waals surface area contributed by atoms with Gasteiger partial charge in [-0.3, -0.25) is 0 Å². The van der Waals surface area contributed by atoms with E-state index in [-0.39, 0.29) is 17.5 Å². The van der Waals surface area contributed by atoms with Crippen molar-refractivity contribution in [2.24, 2.45) is 0 Å². The van der Waals surface area contributed by atoms with Gasteiger partial charge in [-0.25, -0.2) is 0 Å². The highest BCUT2D eigenvalue weighted by atomic mass is 15.2. The van der Waals surface area contributed by atoms with Crippen molar-refractivity contribution in [3.63, 3.8) is 0 Å². The van der Waals surface area contributed by atoms with Crippen LogP contribution >= 0.6 is 0 Å². The van der Waals surface area contributed by atoms with Crippen molar-refractivity contribution in [2.45, 2.75) is 38.5 Å². The zero-order valence-electron chi connectivity index (χ0n) is 29.7. The molecule has 0 aromatic heterocycles. The molecule has 9 rings (SSSR count). The zero-order valence-corrected chi connectivity index (χ0v) is 29.7. The van der Waals surface area contributed by atoms with Gasteiger partial charge in [0.1, 0.15) is 0 Å². The molecule has 2 heterocycles. The Balaban J connectivity index is 1.31. The van der Waals surface area contributed by atoms with Crippen molar-refractivity contribution in [2.75, 3.05) is 9.80 Å². The van der Waals surface area contributed by atoms with Crippen LogP contribution in [0, 0.1) is 0 Å². The maximum atomic E-state index is 2.52. The zero-order chi connectivity index (χ0) is 34.7. The van der Waals surface area contributed by atoms with Crippen LogP contribution in [0.25, 0.3) is 0 Å². The molecular weight excluding hydrogens is 615 g/mol. The highest BCUT2D eigenvalue weighted by molar-refractivity contribution is 7.00. The summed E-state index contributed by atoms with van der Waals surface area (Å²) in [7, 11) is 0. The second kappa shape index (κ2) is 11.9. The van der Waals surface area contributed by atoms with E-state index in [4.69, 9.17) is 0 Å². The summed E-state index contributed by atoms with van der Waals surface area (Å²) in [5, 5.41) is 0. The molecule has 0 saturated heterocycles.